The highest BCUT2D eigenvalue weighted by molar-refractivity contribution is 5.78. The Balaban J connectivity index is 2.07. The number of carbonyl (C=O) groups excluding carboxylic acids is 1. The van der Waals surface area contributed by atoms with E-state index in [1.807, 2.05) is 11.1 Å². The summed E-state index contributed by atoms with van der Waals surface area (Å²) >= 11 is 0. The predicted octanol–water partition coefficient (Wildman–Crippen LogP) is -1.54. The second kappa shape index (κ2) is 6.32. The minimum atomic E-state index is -0.168. The summed E-state index contributed by atoms with van der Waals surface area (Å²) < 4.78 is 5.15. The third kappa shape index (κ3) is 4.18. The van der Waals surface area contributed by atoms with Gasteiger partial charge in [0.05, 0.1) is 25.8 Å². The van der Waals surface area contributed by atoms with Gasteiger partial charge in [0, 0.05) is 13.1 Å². The van der Waals surface area contributed by atoms with Crippen molar-refractivity contribution in [3.8, 4) is 6.07 Å². The highest BCUT2D eigenvalue weighted by Gasteiger charge is 2.10. The number of nitrogens with one attached hydrogen (secondary N) is 2. The molecule has 1 aliphatic heterocycles. The molecule has 0 saturated carbocycles. The molecule has 0 aromatic rings. The molecule has 1 amide bonds. The number of amides is 1. The van der Waals surface area contributed by atoms with Crippen LogP contribution in [0.15, 0.2) is 0 Å². The fourth-order valence-corrected chi connectivity index (χ4v) is 1.11. The van der Waals surface area contributed by atoms with Gasteiger partial charge in [0.15, 0.2) is 0 Å². The molecule has 1 heterocycles. The maximum absolute atomic E-state index is 11.1. The second-order valence-corrected chi connectivity index (χ2v) is 2.87. The largest absolute Gasteiger partial charge is 0.379 e. The molecule has 6 nitrogen and oxygen atoms in total. The molecule has 0 radical (unpaired) electrons. The van der Waals surface area contributed by atoms with Crippen LogP contribution >= 0.6 is 0 Å². The van der Waals surface area contributed by atoms with Gasteiger partial charge < -0.3 is 10.1 Å². The van der Waals surface area contributed by atoms with E-state index in [-0.39, 0.29) is 19.0 Å². The lowest BCUT2D eigenvalue weighted by Crippen LogP contribution is -2.49. The van der Waals surface area contributed by atoms with Gasteiger partial charge in [-0.3, -0.25) is 4.79 Å². The van der Waals surface area contributed by atoms with Gasteiger partial charge in [0.2, 0.25) is 5.91 Å². The van der Waals surface area contributed by atoms with Crippen LogP contribution in [0.5, 0.6) is 0 Å². The number of ether oxygens (including phenoxy) is 1. The van der Waals surface area contributed by atoms with Crippen LogP contribution < -0.4 is 10.7 Å². The molecule has 78 valence electrons. The minimum absolute atomic E-state index is 0.0592. The van der Waals surface area contributed by atoms with Gasteiger partial charge in [0.1, 0.15) is 6.54 Å². The molecule has 0 aromatic carbocycles. The van der Waals surface area contributed by atoms with Crippen molar-refractivity contribution >= 4 is 5.91 Å². The lowest BCUT2D eigenvalue weighted by atomic mass is 10.5. The lowest BCUT2D eigenvalue weighted by molar-refractivity contribution is -0.121. The molecule has 0 spiro atoms. The number of hydrogen-bond acceptors (Lipinski definition) is 5. The zero-order valence-corrected chi connectivity index (χ0v) is 7.95. The first kappa shape index (κ1) is 10.9. The molecule has 6 heteroatoms. The summed E-state index contributed by atoms with van der Waals surface area (Å²) in [6.07, 6.45) is 0. The number of nitrogens with zero attached hydrogens (tertiary/aromatic N) is 2. The summed E-state index contributed by atoms with van der Waals surface area (Å²) in [6.45, 7) is 3.21. The fourth-order valence-electron chi connectivity index (χ4n) is 1.11. The van der Waals surface area contributed by atoms with Gasteiger partial charge >= 0.3 is 0 Å². The van der Waals surface area contributed by atoms with Crippen LogP contribution in [-0.2, 0) is 9.53 Å². The van der Waals surface area contributed by atoms with Crippen LogP contribution in [0, 0.1) is 11.3 Å². The molecule has 0 bridgehead atoms. The van der Waals surface area contributed by atoms with E-state index in [1.165, 1.54) is 0 Å². The maximum Gasteiger partial charge on any atom is 0.236 e. The van der Waals surface area contributed by atoms with Crippen molar-refractivity contribution in [2.75, 3.05) is 39.4 Å². The third-order valence-corrected chi connectivity index (χ3v) is 1.84. The van der Waals surface area contributed by atoms with E-state index in [0.29, 0.717) is 13.2 Å². The van der Waals surface area contributed by atoms with E-state index < -0.39 is 0 Å². The zero-order valence-electron chi connectivity index (χ0n) is 7.95. The molecule has 1 rings (SSSR count). The fraction of sp³-hybridized carbons (Fsp3) is 0.750. The van der Waals surface area contributed by atoms with Gasteiger partial charge in [-0.1, -0.05) is 0 Å². The monoisotopic (exact) mass is 198 g/mol. The zero-order chi connectivity index (χ0) is 10.2. The predicted molar refractivity (Wildman–Crippen MR) is 49.0 cm³/mol. The first-order chi connectivity index (χ1) is 6.83. The van der Waals surface area contributed by atoms with E-state index in [2.05, 4.69) is 10.7 Å². The smallest absolute Gasteiger partial charge is 0.236 e. The number of rotatable bonds is 4. The molecular formula is C8H14N4O2. The molecule has 1 saturated heterocycles. The number of hydrazine groups is 1. The van der Waals surface area contributed by atoms with Crippen molar-refractivity contribution in [3.05, 3.63) is 0 Å². The van der Waals surface area contributed by atoms with E-state index >= 15 is 0 Å². The summed E-state index contributed by atoms with van der Waals surface area (Å²) in [5, 5.41) is 12.6. The van der Waals surface area contributed by atoms with Gasteiger partial charge in [-0.05, 0) is 0 Å². The summed E-state index contributed by atoms with van der Waals surface area (Å²) in [5.41, 5.74) is 2.96. The third-order valence-electron chi connectivity index (χ3n) is 1.84. The molecule has 2 N–H and O–H groups in total. The van der Waals surface area contributed by atoms with Crippen LogP contribution in [0.3, 0.4) is 0 Å². The molecular weight excluding hydrogens is 184 g/mol. The molecule has 1 fully saturated rings. The van der Waals surface area contributed by atoms with E-state index in [9.17, 15) is 4.79 Å². The lowest BCUT2D eigenvalue weighted by Gasteiger charge is -2.26. The first-order valence-corrected chi connectivity index (χ1v) is 4.53. The molecule has 0 unspecified atom stereocenters. The standard InChI is InChI=1S/C8H14N4O2/c9-1-2-10-8(13)7-11-12-3-5-14-6-4-12/h11H,2-7H2,(H,10,13). The Labute approximate surface area is 82.8 Å². The number of carbonyl (C=O) groups is 1. The van der Waals surface area contributed by atoms with Crippen molar-refractivity contribution in [1.29, 1.82) is 5.26 Å². The normalized spacial score (nSPS) is 17.4. The van der Waals surface area contributed by atoms with Crippen molar-refractivity contribution in [3.63, 3.8) is 0 Å². The van der Waals surface area contributed by atoms with Gasteiger partial charge in [-0.2, -0.15) is 5.26 Å². The number of morpholine rings is 1. The second-order valence-electron chi connectivity index (χ2n) is 2.87. The van der Waals surface area contributed by atoms with Crippen LogP contribution in [0.1, 0.15) is 0 Å². The van der Waals surface area contributed by atoms with E-state index in [4.69, 9.17) is 10.00 Å². The Morgan fingerprint density at radius 3 is 2.86 bits per heavy atom. The molecule has 14 heavy (non-hydrogen) atoms. The Morgan fingerprint density at radius 2 is 2.21 bits per heavy atom. The number of nitriles is 1. The summed E-state index contributed by atoms with van der Waals surface area (Å²) in [5.74, 6) is -0.168. The maximum atomic E-state index is 11.1. The average Bonchev–Trinajstić information content (AvgIpc) is 2.25. The van der Waals surface area contributed by atoms with Gasteiger partial charge in [-0.25, -0.2) is 10.4 Å². The minimum Gasteiger partial charge on any atom is -0.379 e. The van der Waals surface area contributed by atoms with Crippen molar-refractivity contribution in [2.24, 2.45) is 0 Å². The Kier molecular flexibility index (Phi) is 4.93. The summed E-state index contributed by atoms with van der Waals surface area (Å²) in [6, 6.07) is 1.84. The molecule has 1 aliphatic rings. The Hall–Kier alpha value is -1.16. The SMILES string of the molecule is N#CCNC(=O)CNN1CCOCC1. The van der Waals surface area contributed by atoms with Crippen LogP contribution in [0.2, 0.25) is 0 Å². The Morgan fingerprint density at radius 1 is 1.50 bits per heavy atom. The first-order valence-electron chi connectivity index (χ1n) is 4.53. The highest BCUT2D eigenvalue weighted by Crippen LogP contribution is 1.91. The average molecular weight is 198 g/mol. The van der Waals surface area contributed by atoms with Crippen LogP contribution in [0.25, 0.3) is 0 Å². The van der Waals surface area contributed by atoms with Crippen molar-refractivity contribution in [2.45, 2.75) is 0 Å². The number of hydrogen-bond donors (Lipinski definition) is 2. The van der Waals surface area contributed by atoms with Crippen molar-refractivity contribution in [1.82, 2.24) is 15.8 Å². The summed E-state index contributed by atoms with van der Waals surface area (Å²) in [4.78, 5) is 11.1. The molecule has 0 aliphatic carbocycles. The highest BCUT2D eigenvalue weighted by atomic mass is 16.5. The topological polar surface area (TPSA) is 77.4 Å². The van der Waals surface area contributed by atoms with Gasteiger partial charge in [0.25, 0.3) is 0 Å². The van der Waals surface area contributed by atoms with E-state index in [1.54, 1.807) is 0 Å². The Bertz CT molecular complexity index is 220. The van der Waals surface area contributed by atoms with E-state index in [0.717, 1.165) is 13.1 Å². The molecule has 0 aromatic heterocycles. The van der Waals surface area contributed by atoms with Gasteiger partial charge in [-0.15, -0.1) is 0 Å². The molecule has 0 atom stereocenters. The summed E-state index contributed by atoms with van der Waals surface area (Å²) in [7, 11) is 0. The quantitative estimate of drug-likeness (QED) is 0.535. The van der Waals surface area contributed by atoms with Crippen molar-refractivity contribution < 1.29 is 9.53 Å². The van der Waals surface area contributed by atoms with Crippen LogP contribution in [-0.4, -0.2) is 50.3 Å². The van der Waals surface area contributed by atoms with Crippen LogP contribution in [0.4, 0.5) is 0 Å².